The number of aromatic nitrogens is 1. The molecule has 3 aliphatic rings. The van der Waals surface area contributed by atoms with Gasteiger partial charge in [0.1, 0.15) is 0 Å². The van der Waals surface area contributed by atoms with Crippen molar-refractivity contribution in [3.05, 3.63) is 45.7 Å². The fraction of sp³-hybridized carbons (Fsp3) is 0.545. The summed E-state index contributed by atoms with van der Waals surface area (Å²) < 4.78 is 2.06. The number of likely N-dealkylation sites (tertiary alicyclic amines) is 2. The second-order valence-corrected chi connectivity index (χ2v) is 9.50. The molecule has 2 aromatic heterocycles. The van der Waals surface area contributed by atoms with Gasteiger partial charge in [-0.3, -0.25) is 14.5 Å². The molecule has 148 valence electrons. The van der Waals surface area contributed by atoms with Crippen molar-refractivity contribution in [2.75, 3.05) is 26.2 Å². The molecule has 2 atom stereocenters. The monoisotopic (exact) mass is 397 g/mol. The predicted molar refractivity (Wildman–Crippen MR) is 112 cm³/mol. The molecule has 2 fully saturated rings. The first-order chi connectivity index (χ1) is 13.6. The second kappa shape index (κ2) is 7.16. The molecule has 6 heteroatoms. The zero-order valence-corrected chi connectivity index (χ0v) is 17.2. The molecule has 5 heterocycles. The van der Waals surface area contributed by atoms with Gasteiger partial charge in [0, 0.05) is 62.2 Å². The van der Waals surface area contributed by atoms with Crippen LogP contribution in [0.1, 0.15) is 37.8 Å². The number of thiophene rings is 1. The molecule has 5 nitrogen and oxygen atoms in total. The van der Waals surface area contributed by atoms with Crippen molar-refractivity contribution in [3.63, 3.8) is 0 Å². The van der Waals surface area contributed by atoms with E-state index in [9.17, 15) is 9.59 Å². The van der Waals surface area contributed by atoms with Gasteiger partial charge in [0.15, 0.2) is 0 Å². The number of rotatable bonds is 2. The van der Waals surface area contributed by atoms with Gasteiger partial charge in [-0.05, 0) is 48.8 Å². The van der Waals surface area contributed by atoms with E-state index in [0.717, 1.165) is 56.0 Å². The highest BCUT2D eigenvalue weighted by Crippen LogP contribution is 2.37. The van der Waals surface area contributed by atoms with E-state index < -0.39 is 0 Å². The first-order valence-corrected chi connectivity index (χ1v) is 11.3. The molecule has 0 aliphatic carbocycles. The first-order valence-electron chi connectivity index (χ1n) is 10.4. The van der Waals surface area contributed by atoms with Crippen molar-refractivity contribution in [1.29, 1.82) is 0 Å². The summed E-state index contributed by atoms with van der Waals surface area (Å²) in [5.74, 6) is 1.20. The highest BCUT2D eigenvalue weighted by Gasteiger charge is 2.38. The summed E-state index contributed by atoms with van der Waals surface area (Å²) in [6.07, 6.45) is 3.34. The normalized spacial score (nSPS) is 25.5. The summed E-state index contributed by atoms with van der Waals surface area (Å²) in [5.41, 5.74) is 2.23. The highest BCUT2D eigenvalue weighted by molar-refractivity contribution is 7.13. The van der Waals surface area contributed by atoms with Gasteiger partial charge in [0.2, 0.25) is 5.91 Å². The van der Waals surface area contributed by atoms with Crippen molar-refractivity contribution in [3.8, 4) is 10.4 Å². The Morgan fingerprint density at radius 3 is 2.64 bits per heavy atom. The lowest BCUT2D eigenvalue weighted by molar-refractivity contribution is -0.130. The Balaban J connectivity index is 1.37. The van der Waals surface area contributed by atoms with Crippen LogP contribution in [0.4, 0.5) is 0 Å². The molecule has 28 heavy (non-hydrogen) atoms. The maximum atomic E-state index is 13.1. The van der Waals surface area contributed by atoms with E-state index in [1.165, 1.54) is 12.1 Å². The van der Waals surface area contributed by atoms with Gasteiger partial charge >= 0.3 is 0 Å². The second-order valence-electron chi connectivity index (χ2n) is 8.55. The molecule has 0 aromatic carbocycles. The maximum absolute atomic E-state index is 13.1. The van der Waals surface area contributed by atoms with Gasteiger partial charge in [0.25, 0.3) is 5.56 Å². The van der Waals surface area contributed by atoms with Crippen molar-refractivity contribution in [2.45, 2.75) is 44.7 Å². The Labute approximate surface area is 169 Å². The van der Waals surface area contributed by atoms with Crippen LogP contribution in [0.5, 0.6) is 0 Å². The molecule has 2 saturated heterocycles. The fourth-order valence-electron chi connectivity index (χ4n) is 5.45. The third-order valence-electron chi connectivity index (χ3n) is 6.85. The van der Waals surface area contributed by atoms with Crippen LogP contribution in [0.15, 0.2) is 34.4 Å². The van der Waals surface area contributed by atoms with Gasteiger partial charge in [-0.15, -0.1) is 11.3 Å². The summed E-state index contributed by atoms with van der Waals surface area (Å²) in [7, 11) is 0. The van der Waals surface area contributed by atoms with Gasteiger partial charge in [0.05, 0.1) is 5.56 Å². The number of amides is 1. The first kappa shape index (κ1) is 18.1. The average Bonchev–Trinajstić information content (AvgIpc) is 3.23. The van der Waals surface area contributed by atoms with E-state index in [-0.39, 0.29) is 11.5 Å². The largest absolute Gasteiger partial charge is 0.343 e. The fourth-order valence-corrected chi connectivity index (χ4v) is 6.19. The van der Waals surface area contributed by atoms with E-state index in [1.54, 1.807) is 18.3 Å². The van der Waals surface area contributed by atoms with E-state index in [2.05, 4.69) is 15.5 Å². The quantitative estimate of drug-likeness (QED) is 0.783. The molecule has 0 spiro atoms. The Morgan fingerprint density at radius 1 is 1.11 bits per heavy atom. The third-order valence-corrected chi connectivity index (χ3v) is 7.75. The molecule has 5 rings (SSSR count). The number of carbonyl (C=O) groups excluding carboxylic acids is 1. The van der Waals surface area contributed by atoms with Crippen LogP contribution in [-0.2, 0) is 11.3 Å². The molecule has 0 unspecified atom stereocenters. The Bertz CT molecular complexity index is 928. The van der Waals surface area contributed by atoms with Gasteiger partial charge in [-0.25, -0.2) is 0 Å². The Morgan fingerprint density at radius 2 is 1.93 bits per heavy atom. The van der Waals surface area contributed by atoms with Gasteiger partial charge < -0.3 is 9.47 Å². The van der Waals surface area contributed by atoms with E-state index in [0.29, 0.717) is 17.9 Å². The van der Waals surface area contributed by atoms with E-state index in [4.69, 9.17) is 0 Å². The summed E-state index contributed by atoms with van der Waals surface area (Å²) in [5, 5.41) is 2.03. The number of piperidine rings is 2. The van der Waals surface area contributed by atoms with Crippen LogP contribution in [-0.4, -0.2) is 52.5 Å². The van der Waals surface area contributed by atoms with Crippen molar-refractivity contribution < 1.29 is 4.79 Å². The minimum absolute atomic E-state index is 0.179. The lowest BCUT2D eigenvalue weighted by Crippen LogP contribution is -2.53. The Kier molecular flexibility index (Phi) is 4.63. The summed E-state index contributed by atoms with van der Waals surface area (Å²) in [4.78, 5) is 30.4. The smallest absolute Gasteiger partial charge is 0.259 e. The minimum atomic E-state index is 0.179. The van der Waals surface area contributed by atoms with Gasteiger partial charge in [-0.2, -0.15) is 0 Å². The lowest BCUT2D eigenvalue weighted by atomic mass is 9.81. The minimum Gasteiger partial charge on any atom is -0.343 e. The molecule has 1 amide bonds. The van der Waals surface area contributed by atoms with Crippen LogP contribution in [0.2, 0.25) is 0 Å². The predicted octanol–water partition coefficient (Wildman–Crippen LogP) is 3.01. The number of hydrogen-bond donors (Lipinski definition) is 0. The number of hydrogen-bond acceptors (Lipinski definition) is 4. The third kappa shape index (κ3) is 3.12. The zero-order chi connectivity index (χ0) is 19.3. The number of pyridine rings is 1. The molecule has 0 saturated carbocycles. The SMILES string of the molecule is CC(=O)N1CCC(N2C[C@H]3C[C@H](C2)c2ccc(-c4cccs4)c(=O)n2C3)CC1. The van der Waals surface area contributed by atoms with Crippen LogP contribution >= 0.6 is 11.3 Å². The van der Waals surface area contributed by atoms with E-state index >= 15 is 0 Å². The lowest BCUT2D eigenvalue weighted by Gasteiger charge is -2.47. The summed E-state index contributed by atoms with van der Waals surface area (Å²) in [6, 6.07) is 8.84. The van der Waals surface area contributed by atoms with Gasteiger partial charge in [-0.1, -0.05) is 6.07 Å². The molecule has 3 aliphatic heterocycles. The molecule has 2 aromatic rings. The molecular formula is C22H27N3O2S. The molecule has 0 radical (unpaired) electrons. The van der Waals surface area contributed by atoms with Crippen LogP contribution in [0.25, 0.3) is 10.4 Å². The zero-order valence-electron chi connectivity index (χ0n) is 16.3. The van der Waals surface area contributed by atoms with Crippen molar-refractivity contribution in [2.24, 2.45) is 5.92 Å². The van der Waals surface area contributed by atoms with Crippen LogP contribution in [0.3, 0.4) is 0 Å². The number of nitrogens with zero attached hydrogens (tertiary/aromatic N) is 3. The van der Waals surface area contributed by atoms with Crippen molar-refractivity contribution >= 4 is 17.2 Å². The topological polar surface area (TPSA) is 45.6 Å². The summed E-state index contributed by atoms with van der Waals surface area (Å²) >= 11 is 1.63. The maximum Gasteiger partial charge on any atom is 0.259 e. The van der Waals surface area contributed by atoms with E-state index in [1.807, 2.05) is 28.5 Å². The number of fused-ring (bicyclic) bond motifs is 4. The highest BCUT2D eigenvalue weighted by atomic mass is 32.1. The van der Waals surface area contributed by atoms with Crippen LogP contribution in [0, 0.1) is 5.92 Å². The standard InChI is InChI=1S/C22H27N3O2S/c1-15(26)23-8-6-18(7-9-23)24-12-16-11-17(14-24)20-5-4-19(21-3-2-10-28-21)22(27)25(20)13-16/h2-5,10,16-18H,6-9,11-14H2,1H3/t16-,17-/m1/s1. The van der Waals surface area contributed by atoms with Crippen LogP contribution < -0.4 is 5.56 Å². The summed E-state index contributed by atoms with van der Waals surface area (Å²) in [6.45, 7) is 6.39. The Hall–Kier alpha value is -1.92. The molecule has 0 N–H and O–H groups in total. The molecular weight excluding hydrogens is 370 g/mol. The number of carbonyl (C=O) groups is 1. The average molecular weight is 398 g/mol. The van der Waals surface area contributed by atoms with Crippen molar-refractivity contribution in [1.82, 2.24) is 14.4 Å². The molecule has 2 bridgehead atoms.